The molecular formula is C13H8F7NO2. The van der Waals surface area contributed by atoms with Gasteiger partial charge in [-0.3, -0.25) is 0 Å². The van der Waals surface area contributed by atoms with E-state index in [1.54, 1.807) is 0 Å². The number of alkyl halides is 3. The van der Waals surface area contributed by atoms with Crippen molar-refractivity contribution < 1.29 is 40.2 Å². The monoisotopic (exact) mass is 343 g/mol. The van der Waals surface area contributed by atoms with Gasteiger partial charge in [0.05, 0.1) is 24.9 Å². The molecule has 0 N–H and O–H groups in total. The highest BCUT2D eigenvalue weighted by Crippen LogP contribution is 2.37. The third-order valence-electron chi connectivity index (χ3n) is 3.25. The summed E-state index contributed by atoms with van der Waals surface area (Å²) >= 11 is 0. The van der Waals surface area contributed by atoms with Crippen LogP contribution in [0.4, 0.5) is 30.7 Å². The Labute approximate surface area is 125 Å². The summed E-state index contributed by atoms with van der Waals surface area (Å²) in [4.78, 5) is 0. The van der Waals surface area contributed by atoms with E-state index >= 15 is 0 Å². The van der Waals surface area contributed by atoms with Gasteiger partial charge in [0.2, 0.25) is 0 Å². The molecule has 2 rings (SSSR count). The van der Waals surface area contributed by atoms with E-state index in [0.29, 0.717) is 0 Å². The Morgan fingerprint density at radius 1 is 0.913 bits per heavy atom. The van der Waals surface area contributed by atoms with Crippen molar-refractivity contribution in [1.82, 2.24) is 0 Å². The zero-order valence-corrected chi connectivity index (χ0v) is 11.2. The molecule has 1 fully saturated rings. The SMILES string of the molecule is N#Cc1c(F)c(F)c(C2CC(C(F)(F)F)OCCO2)c(F)c1F. The van der Waals surface area contributed by atoms with Crippen LogP contribution in [0.1, 0.15) is 23.7 Å². The van der Waals surface area contributed by atoms with Gasteiger partial charge >= 0.3 is 6.18 Å². The van der Waals surface area contributed by atoms with Crippen LogP contribution in [0, 0.1) is 34.6 Å². The molecule has 1 aromatic rings. The van der Waals surface area contributed by atoms with E-state index in [4.69, 9.17) is 10.00 Å². The number of nitrogens with zero attached hydrogens (tertiary/aromatic N) is 1. The second-order valence-corrected chi connectivity index (χ2v) is 4.65. The fraction of sp³-hybridized carbons (Fsp3) is 0.462. The average molecular weight is 343 g/mol. The third-order valence-corrected chi connectivity index (χ3v) is 3.25. The van der Waals surface area contributed by atoms with Crippen molar-refractivity contribution in [1.29, 1.82) is 5.26 Å². The van der Waals surface area contributed by atoms with Gasteiger partial charge in [0.15, 0.2) is 29.4 Å². The smallest absolute Gasteiger partial charge is 0.371 e. The number of hydrogen-bond acceptors (Lipinski definition) is 3. The van der Waals surface area contributed by atoms with Crippen LogP contribution < -0.4 is 0 Å². The van der Waals surface area contributed by atoms with Gasteiger partial charge in [0.1, 0.15) is 11.6 Å². The van der Waals surface area contributed by atoms with Gasteiger partial charge in [-0.2, -0.15) is 18.4 Å². The number of nitriles is 1. The molecule has 0 aliphatic carbocycles. The lowest BCUT2D eigenvalue weighted by Crippen LogP contribution is -2.32. The van der Waals surface area contributed by atoms with Crippen LogP contribution in [0.3, 0.4) is 0 Å². The largest absolute Gasteiger partial charge is 0.414 e. The van der Waals surface area contributed by atoms with E-state index in [9.17, 15) is 30.7 Å². The van der Waals surface area contributed by atoms with Crippen LogP contribution in [0.25, 0.3) is 0 Å². The fourth-order valence-electron chi connectivity index (χ4n) is 2.17. The first-order chi connectivity index (χ1) is 10.7. The highest BCUT2D eigenvalue weighted by atomic mass is 19.4. The highest BCUT2D eigenvalue weighted by molar-refractivity contribution is 5.38. The highest BCUT2D eigenvalue weighted by Gasteiger charge is 2.45. The molecule has 0 amide bonds. The quantitative estimate of drug-likeness (QED) is 0.579. The molecular weight excluding hydrogens is 335 g/mol. The molecule has 1 aliphatic rings. The van der Waals surface area contributed by atoms with Crippen molar-refractivity contribution in [2.75, 3.05) is 13.2 Å². The van der Waals surface area contributed by atoms with E-state index in [1.807, 2.05) is 0 Å². The Balaban J connectivity index is 2.51. The first kappa shape index (κ1) is 17.5. The number of benzene rings is 1. The van der Waals surface area contributed by atoms with Gasteiger partial charge in [0.25, 0.3) is 0 Å². The van der Waals surface area contributed by atoms with Crippen molar-refractivity contribution in [3.05, 3.63) is 34.4 Å². The zero-order valence-electron chi connectivity index (χ0n) is 11.2. The Hall–Kier alpha value is -1.86. The predicted octanol–water partition coefficient (Wildman–Crippen LogP) is 3.52. The molecule has 0 spiro atoms. The van der Waals surface area contributed by atoms with E-state index < -0.39 is 72.4 Å². The Morgan fingerprint density at radius 2 is 1.43 bits per heavy atom. The molecule has 2 unspecified atom stereocenters. The van der Waals surface area contributed by atoms with Crippen LogP contribution in [0.15, 0.2) is 0 Å². The zero-order chi connectivity index (χ0) is 17.4. The molecule has 1 heterocycles. The summed E-state index contributed by atoms with van der Waals surface area (Å²) in [6, 6.07) is 0.945. The maximum absolute atomic E-state index is 13.9. The Kier molecular flexibility index (Phi) is 4.81. The van der Waals surface area contributed by atoms with Crippen molar-refractivity contribution in [2.24, 2.45) is 0 Å². The minimum absolute atomic E-state index is 0.459. The average Bonchev–Trinajstić information content (AvgIpc) is 2.72. The summed E-state index contributed by atoms with van der Waals surface area (Å²) in [5.74, 6) is -7.90. The fourth-order valence-corrected chi connectivity index (χ4v) is 2.17. The molecule has 0 bridgehead atoms. The lowest BCUT2D eigenvalue weighted by molar-refractivity contribution is -0.220. The van der Waals surface area contributed by atoms with E-state index in [0.717, 1.165) is 6.07 Å². The van der Waals surface area contributed by atoms with Gasteiger partial charge in [-0.25, -0.2) is 17.6 Å². The maximum atomic E-state index is 13.9. The minimum atomic E-state index is -4.84. The number of hydrogen-bond donors (Lipinski definition) is 0. The number of halogens is 7. The van der Waals surface area contributed by atoms with Crippen LogP contribution in [0.2, 0.25) is 0 Å². The van der Waals surface area contributed by atoms with Crippen LogP contribution in [0.5, 0.6) is 0 Å². The van der Waals surface area contributed by atoms with E-state index in [2.05, 4.69) is 4.74 Å². The summed E-state index contributed by atoms with van der Waals surface area (Å²) < 4.78 is 102. The lowest BCUT2D eigenvalue weighted by Gasteiger charge is -2.22. The molecule has 10 heteroatoms. The molecule has 0 saturated carbocycles. The molecule has 126 valence electrons. The first-order valence-corrected chi connectivity index (χ1v) is 6.24. The van der Waals surface area contributed by atoms with Crippen molar-refractivity contribution in [3.8, 4) is 6.07 Å². The summed E-state index contributed by atoms with van der Waals surface area (Å²) in [5, 5.41) is 8.48. The lowest BCUT2D eigenvalue weighted by atomic mass is 9.99. The molecule has 1 aliphatic heterocycles. The molecule has 1 aromatic carbocycles. The molecule has 3 nitrogen and oxygen atoms in total. The second kappa shape index (κ2) is 6.33. The van der Waals surface area contributed by atoms with Crippen LogP contribution >= 0.6 is 0 Å². The van der Waals surface area contributed by atoms with Gasteiger partial charge in [0, 0.05) is 6.42 Å². The Bertz CT molecular complexity index is 624. The summed E-state index contributed by atoms with van der Waals surface area (Å²) in [6.07, 6.45) is -10.2. The predicted molar refractivity (Wildman–Crippen MR) is 60.1 cm³/mol. The summed E-state index contributed by atoms with van der Waals surface area (Å²) in [5.41, 5.74) is -2.83. The minimum Gasteiger partial charge on any atom is -0.371 e. The molecule has 1 saturated heterocycles. The van der Waals surface area contributed by atoms with Crippen molar-refractivity contribution in [2.45, 2.75) is 24.8 Å². The summed E-state index contributed by atoms with van der Waals surface area (Å²) in [6.45, 7) is -0.968. The molecule has 2 atom stereocenters. The maximum Gasteiger partial charge on any atom is 0.414 e. The van der Waals surface area contributed by atoms with E-state index in [1.165, 1.54) is 0 Å². The third kappa shape index (κ3) is 3.25. The van der Waals surface area contributed by atoms with Crippen molar-refractivity contribution >= 4 is 0 Å². The second-order valence-electron chi connectivity index (χ2n) is 4.65. The number of ether oxygens (including phenoxy) is 2. The topological polar surface area (TPSA) is 42.2 Å². The standard InChI is InChI=1S/C13H8F7NO2/c14-9-5(4-21)10(15)12(17)8(11(9)16)6-3-7(13(18,19)20)23-2-1-22-6/h6-7H,1-3H2. The Morgan fingerprint density at radius 3 is 1.91 bits per heavy atom. The first-order valence-electron chi connectivity index (χ1n) is 6.24. The summed E-state index contributed by atoms with van der Waals surface area (Å²) in [7, 11) is 0. The van der Waals surface area contributed by atoms with Gasteiger partial charge in [-0.15, -0.1) is 0 Å². The molecule has 23 heavy (non-hydrogen) atoms. The van der Waals surface area contributed by atoms with Gasteiger partial charge in [-0.1, -0.05) is 0 Å². The van der Waals surface area contributed by atoms with Crippen molar-refractivity contribution in [3.63, 3.8) is 0 Å². The van der Waals surface area contributed by atoms with E-state index in [-0.39, 0.29) is 0 Å². The number of rotatable bonds is 1. The molecule has 0 radical (unpaired) electrons. The normalized spacial score (nSPS) is 22.5. The van der Waals surface area contributed by atoms with Crippen LogP contribution in [-0.2, 0) is 9.47 Å². The molecule has 0 aromatic heterocycles. The van der Waals surface area contributed by atoms with Gasteiger partial charge < -0.3 is 9.47 Å². The van der Waals surface area contributed by atoms with Crippen LogP contribution in [-0.4, -0.2) is 25.5 Å². The van der Waals surface area contributed by atoms with Gasteiger partial charge in [-0.05, 0) is 0 Å².